The SMILES string of the molecule is CC(C)OP(=S)(c1ccccc1)N(SN(C)C(=O)F)C(C)C. The van der Waals surface area contributed by atoms with Crippen LogP contribution in [0.2, 0.25) is 0 Å². The Morgan fingerprint density at radius 3 is 2.23 bits per heavy atom. The maximum Gasteiger partial charge on any atom is 0.410 e. The molecule has 0 aliphatic carbocycles. The second-order valence-corrected chi connectivity index (χ2v) is 10.3. The van der Waals surface area contributed by atoms with E-state index >= 15 is 0 Å². The van der Waals surface area contributed by atoms with Crippen LogP contribution in [0, 0.1) is 0 Å². The van der Waals surface area contributed by atoms with Gasteiger partial charge in [0.25, 0.3) is 0 Å². The van der Waals surface area contributed by atoms with E-state index in [4.69, 9.17) is 16.3 Å². The van der Waals surface area contributed by atoms with E-state index in [0.29, 0.717) is 0 Å². The molecular formula is C14H22FN2O2PS2. The monoisotopic (exact) mass is 364 g/mol. The van der Waals surface area contributed by atoms with Crippen molar-refractivity contribution in [3.63, 3.8) is 0 Å². The molecule has 8 heteroatoms. The van der Waals surface area contributed by atoms with E-state index in [9.17, 15) is 9.18 Å². The van der Waals surface area contributed by atoms with Crippen molar-refractivity contribution in [2.75, 3.05) is 7.05 Å². The summed E-state index contributed by atoms with van der Waals surface area (Å²) in [6, 6.07) is 9.49. The fourth-order valence-electron chi connectivity index (χ4n) is 1.73. The summed E-state index contributed by atoms with van der Waals surface area (Å²) in [5.74, 6) is 0. The molecule has 1 unspecified atom stereocenters. The van der Waals surface area contributed by atoms with Gasteiger partial charge < -0.3 is 4.52 Å². The topological polar surface area (TPSA) is 32.8 Å². The minimum Gasteiger partial charge on any atom is -0.331 e. The van der Waals surface area contributed by atoms with Gasteiger partial charge in [0, 0.05) is 18.4 Å². The summed E-state index contributed by atoms with van der Waals surface area (Å²) in [4.78, 5) is 10.9. The molecule has 124 valence electrons. The number of halogens is 1. The average molecular weight is 364 g/mol. The predicted octanol–water partition coefficient (Wildman–Crippen LogP) is 4.34. The Kier molecular flexibility index (Phi) is 7.49. The van der Waals surface area contributed by atoms with Gasteiger partial charge in [-0.1, -0.05) is 30.3 Å². The Morgan fingerprint density at radius 1 is 1.27 bits per heavy atom. The second-order valence-electron chi connectivity index (χ2n) is 5.24. The van der Waals surface area contributed by atoms with E-state index in [2.05, 4.69) is 0 Å². The van der Waals surface area contributed by atoms with Gasteiger partial charge >= 0.3 is 6.16 Å². The lowest BCUT2D eigenvalue weighted by Crippen LogP contribution is -2.32. The van der Waals surface area contributed by atoms with Crippen LogP contribution in [0.15, 0.2) is 30.3 Å². The van der Waals surface area contributed by atoms with Crippen LogP contribution < -0.4 is 5.30 Å². The number of hydrogen-bond acceptors (Lipinski definition) is 4. The zero-order chi connectivity index (χ0) is 16.9. The van der Waals surface area contributed by atoms with Crippen molar-refractivity contribution >= 4 is 41.8 Å². The van der Waals surface area contributed by atoms with E-state index in [-0.39, 0.29) is 12.1 Å². The van der Waals surface area contributed by atoms with Crippen molar-refractivity contribution in [2.24, 2.45) is 0 Å². The maximum absolute atomic E-state index is 12.9. The highest BCUT2D eigenvalue weighted by molar-refractivity contribution is 8.19. The zero-order valence-corrected chi connectivity index (χ0v) is 15.9. The summed E-state index contributed by atoms with van der Waals surface area (Å²) in [6.45, 7) is 7.71. The molecule has 0 aromatic heterocycles. The second kappa shape index (κ2) is 8.41. The number of carbonyl (C=O) groups is 1. The molecule has 0 aliphatic heterocycles. The summed E-state index contributed by atoms with van der Waals surface area (Å²) in [5.41, 5.74) is 0. The number of rotatable bonds is 7. The molecule has 22 heavy (non-hydrogen) atoms. The fourth-order valence-corrected chi connectivity index (χ4v) is 7.23. The molecule has 0 heterocycles. The Bertz CT molecular complexity index is 543. The number of amides is 1. The molecule has 0 bridgehead atoms. The Balaban J connectivity index is 3.27. The van der Waals surface area contributed by atoms with E-state index in [1.807, 2.05) is 62.1 Å². The molecule has 1 atom stereocenters. The van der Waals surface area contributed by atoms with Crippen LogP contribution in [-0.2, 0) is 16.3 Å². The largest absolute Gasteiger partial charge is 0.410 e. The molecule has 0 spiro atoms. The number of carbonyl (C=O) groups excluding carboxylic acids is 1. The van der Waals surface area contributed by atoms with Crippen LogP contribution in [0.4, 0.5) is 9.18 Å². The van der Waals surface area contributed by atoms with Crippen LogP contribution in [0.25, 0.3) is 0 Å². The molecule has 0 saturated carbocycles. The molecule has 1 amide bonds. The quantitative estimate of drug-likeness (QED) is 0.311. The normalized spacial score (nSPS) is 14.4. The van der Waals surface area contributed by atoms with Gasteiger partial charge in [-0.05, 0) is 39.5 Å². The minimum atomic E-state index is -2.62. The third kappa shape index (κ3) is 5.03. The number of benzene rings is 1. The molecule has 0 radical (unpaired) electrons. The van der Waals surface area contributed by atoms with Crippen molar-refractivity contribution in [1.29, 1.82) is 0 Å². The van der Waals surface area contributed by atoms with Gasteiger partial charge in [-0.15, -0.1) is 4.39 Å². The molecule has 1 aromatic carbocycles. The Hall–Kier alpha value is -0.460. The van der Waals surface area contributed by atoms with E-state index in [1.165, 1.54) is 7.05 Å². The van der Waals surface area contributed by atoms with Gasteiger partial charge in [0.2, 0.25) is 0 Å². The highest BCUT2D eigenvalue weighted by atomic mass is 32.5. The van der Waals surface area contributed by atoms with Gasteiger partial charge in [-0.2, -0.15) is 4.08 Å². The number of nitrogens with zero attached hydrogens (tertiary/aromatic N) is 2. The Morgan fingerprint density at radius 2 is 1.82 bits per heavy atom. The first-order chi connectivity index (χ1) is 10.2. The molecule has 1 aromatic rings. The summed E-state index contributed by atoms with van der Waals surface area (Å²) in [7, 11) is 1.38. The standard InChI is InChI=1S/C14H22FN2O2PS2/c1-11(2)17(22-16(5)14(15)18)20(21,19-12(3)4)13-9-7-6-8-10-13/h6-12H,1-5H3. The summed E-state index contributed by atoms with van der Waals surface area (Å²) >= 11 is 6.85. The van der Waals surface area contributed by atoms with Gasteiger partial charge in [0.1, 0.15) is 0 Å². The first-order valence-electron chi connectivity index (χ1n) is 6.93. The highest BCUT2D eigenvalue weighted by Crippen LogP contribution is 2.56. The van der Waals surface area contributed by atoms with Gasteiger partial charge in [-0.3, -0.25) is 0 Å². The van der Waals surface area contributed by atoms with Crippen LogP contribution in [0.5, 0.6) is 0 Å². The summed E-state index contributed by atoms with van der Waals surface area (Å²) in [5, 5.41) is 0.875. The van der Waals surface area contributed by atoms with Crippen LogP contribution in [0.1, 0.15) is 27.7 Å². The predicted molar refractivity (Wildman–Crippen MR) is 95.4 cm³/mol. The van der Waals surface area contributed by atoms with E-state index in [0.717, 1.165) is 21.7 Å². The van der Waals surface area contributed by atoms with Crippen molar-refractivity contribution in [3.05, 3.63) is 30.3 Å². The molecule has 1 rings (SSSR count). The first-order valence-corrected chi connectivity index (χ1v) is 10.3. The van der Waals surface area contributed by atoms with E-state index < -0.39 is 12.6 Å². The van der Waals surface area contributed by atoms with Gasteiger partial charge in [0.15, 0.2) is 6.42 Å². The highest BCUT2D eigenvalue weighted by Gasteiger charge is 2.35. The smallest absolute Gasteiger partial charge is 0.331 e. The third-order valence-electron chi connectivity index (χ3n) is 2.59. The first kappa shape index (κ1) is 19.6. The lowest BCUT2D eigenvalue weighted by Gasteiger charge is -2.38. The molecule has 0 aliphatic rings. The lowest BCUT2D eigenvalue weighted by molar-refractivity contribution is 0.208. The zero-order valence-electron chi connectivity index (χ0n) is 13.4. The van der Waals surface area contributed by atoms with Gasteiger partial charge in [-0.25, -0.2) is 9.10 Å². The van der Waals surface area contributed by atoms with Crippen molar-refractivity contribution in [2.45, 2.75) is 39.8 Å². The number of hydrogen-bond donors (Lipinski definition) is 0. The van der Waals surface area contributed by atoms with Crippen LogP contribution in [0.3, 0.4) is 0 Å². The van der Waals surface area contributed by atoms with E-state index in [1.54, 1.807) is 0 Å². The molecular weight excluding hydrogens is 342 g/mol. The summed E-state index contributed by atoms with van der Waals surface area (Å²) < 4.78 is 21.8. The summed E-state index contributed by atoms with van der Waals surface area (Å²) in [6.07, 6.45) is -4.22. The van der Waals surface area contributed by atoms with Crippen LogP contribution in [-0.4, -0.2) is 33.7 Å². The third-order valence-corrected chi connectivity index (χ3v) is 8.85. The fraction of sp³-hybridized carbons (Fsp3) is 0.500. The lowest BCUT2D eigenvalue weighted by atomic mass is 10.4. The minimum absolute atomic E-state index is 0.0309. The molecule has 0 N–H and O–H groups in total. The van der Waals surface area contributed by atoms with Gasteiger partial charge in [0.05, 0.1) is 18.2 Å². The van der Waals surface area contributed by atoms with Crippen LogP contribution >= 0.6 is 18.5 Å². The van der Waals surface area contributed by atoms with Crippen molar-refractivity contribution in [3.8, 4) is 0 Å². The maximum atomic E-state index is 12.9. The molecule has 0 saturated heterocycles. The molecule has 4 nitrogen and oxygen atoms in total. The Labute approximate surface area is 141 Å². The average Bonchev–Trinajstić information content (AvgIpc) is 2.43. The van der Waals surface area contributed by atoms with Crippen molar-refractivity contribution < 1.29 is 13.7 Å². The van der Waals surface area contributed by atoms with Crippen molar-refractivity contribution in [1.82, 2.24) is 8.38 Å². The molecule has 0 fully saturated rings.